The van der Waals surface area contributed by atoms with Gasteiger partial charge >= 0.3 is 0 Å². The Morgan fingerprint density at radius 3 is 2.93 bits per heavy atom. The molecule has 2 atom stereocenters. The van der Waals surface area contributed by atoms with E-state index in [0.29, 0.717) is 13.0 Å². The van der Waals surface area contributed by atoms with Gasteiger partial charge in [0.1, 0.15) is 5.54 Å². The Kier molecular flexibility index (Phi) is 3.82. The fourth-order valence-corrected chi connectivity index (χ4v) is 1.21. The largest absolute Gasteiger partial charge is 0.394 e. The van der Waals surface area contributed by atoms with Gasteiger partial charge in [-0.3, -0.25) is 4.79 Å². The van der Waals surface area contributed by atoms with Crippen LogP contribution in [0.2, 0.25) is 0 Å². The number of carbonyl (C=O) groups excluding carboxylic acids is 1. The molecular formula is C8H16N2O4. The highest BCUT2D eigenvalue weighted by molar-refractivity contribution is 5.86. The summed E-state index contributed by atoms with van der Waals surface area (Å²) >= 11 is 0. The van der Waals surface area contributed by atoms with E-state index in [1.54, 1.807) is 0 Å². The second kappa shape index (κ2) is 4.70. The molecule has 1 aliphatic heterocycles. The first-order valence-corrected chi connectivity index (χ1v) is 4.52. The van der Waals surface area contributed by atoms with Gasteiger partial charge in [0.25, 0.3) is 0 Å². The number of rotatable bonds is 4. The maximum Gasteiger partial charge on any atom is 0.242 e. The maximum absolute atomic E-state index is 11.5. The Balaban J connectivity index is 2.34. The molecule has 1 saturated heterocycles. The Hall–Kier alpha value is -0.690. The smallest absolute Gasteiger partial charge is 0.242 e. The predicted molar refractivity (Wildman–Crippen MR) is 48.5 cm³/mol. The van der Waals surface area contributed by atoms with Gasteiger partial charge in [0, 0.05) is 13.2 Å². The number of hydrogen-bond acceptors (Lipinski definition) is 5. The van der Waals surface area contributed by atoms with E-state index < -0.39 is 11.6 Å². The minimum absolute atomic E-state index is 0.00822. The summed E-state index contributed by atoms with van der Waals surface area (Å²) in [4.78, 5) is 11.5. The Morgan fingerprint density at radius 2 is 2.43 bits per heavy atom. The molecule has 1 heterocycles. The maximum atomic E-state index is 11.5. The topological polar surface area (TPSA) is 105 Å². The van der Waals surface area contributed by atoms with E-state index in [2.05, 4.69) is 5.32 Å². The average Bonchev–Trinajstić information content (AvgIpc) is 2.62. The third-order valence-electron chi connectivity index (χ3n) is 2.21. The molecule has 1 aliphatic rings. The molecule has 0 bridgehead atoms. The minimum atomic E-state index is -0.977. The quantitative estimate of drug-likeness (QED) is 0.407. The van der Waals surface area contributed by atoms with Crippen LogP contribution >= 0.6 is 0 Å². The Bertz CT molecular complexity index is 204. The second-order valence-electron chi connectivity index (χ2n) is 3.51. The lowest BCUT2D eigenvalue weighted by molar-refractivity contribution is -0.126. The van der Waals surface area contributed by atoms with Crippen LogP contribution in [0.15, 0.2) is 0 Å². The van der Waals surface area contributed by atoms with Crippen molar-refractivity contribution in [1.29, 1.82) is 0 Å². The van der Waals surface area contributed by atoms with Crippen LogP contribution in [0.25, 0.3) is 0 Å². The number of aliphatic hydroxyl groups is 2. The summed E-state index contributed by atoms with van der Waals surface area (Å²) in [5.41, 5.74) is 4.77. The van der Waals surface area contributed by atoms with Crippen LogP contribution in [0.1, 0.15) is 6.42 Å². The van der Waals surface area contributed by atoms with Crippen LogP contribution in [0, 0.1) is 0 Å². The third kappa shape index (κ3) is 2.65. The van der Waals surface area contributed by atoms with Gasteiger partial charge in [0.05, 0.1) is 19.3 Å². The number of ether oxygens (including phenoxy) is 1. The molecule has 0 spiro atoms. The predicted octanol–water partition coefficient (Wildman–Crippen LogP) is -2.43. The summed E-state index contributed by atoms with van der Waals surface area (Å²) in [6.07, 6.45) is -0.460. The lowest BCUT2D eigenvalue weighted by Crippen LogP contribution is -2.55. The van der Waals surface area contributed by atoms with Crippen molar-refractivity contribution in [2.45, 2.75) is 18.1 Å². The van der Waals surface area contributed by atoms with Crippen molar-refractivity contribution >= 4 is 5.91 Å². The molecule has 14 heavy (non-hydrogen) atoms. The molecule has 2 unspecified atom stereocenters. The van der Waals surface area contributed by atoms with E-state index in [1.807, 2.05) is 0 Å². The average molecular weight is 204 g/mol. The van der Waals surface area contributed by atoms with Gasteiger partial charge in [0.15, 0.2) is 0 Å². The zero-order chi connectivity index (χ0) is 10.6. The summed E-state index contributed by atoms with van der Waals surface area (Å²) in [5.74, 6) is -0.345. The van der Waals surface area contributed by atoms with Crippen molar-refractivity contribution < 1.29 is 19.7 Å². The molecule has 82 valence electrons. The monoisotopic (exact) mass is 204 g/mol. The SMILES string of the molecule is NC1(C(=O)NCC(O)CO)CCOC1. The first-order valence-electron chi connectivity index (χ1n) is 4.52. The van der Waals surface area contributed by atoms with Crippen LogP contribution in [-0.2, 0) is 9.53 Å². The fraction of sp³-hybridized carbons (Fsp3) is 0.875. The lowest BCUT2D eigenvalue weighted by Gasteiger charge is -2.21. The normalized spacial score (nSPS) is 28.8. The minimum Gasteiger partial charge on any atom is -0.394 e. The van der Waals surface area contributed by atoms with Gasteiger partial charge in [-0.25, -0.2) is 0 Å². The zero-order valence-electron chi connectivity index (χ0n) is 7.90. The number of nitrogens with one attached hydrogen (secondary N) is 1. The van der Waals surface area contributed by atoms with Gasteiger partial charge in [0.2, 0.25) is 5.91 Å². The summed E-state index contributed by atoms with van der Waals surface area (Å²) in [6, 6.07) is 0. The van der Waals surface area contributed by atoms with Gasteiger partial charge in [-0.1, -0.05) is 0 Å². The van der Waals surface area contributed by atoms with Crippen LogP contribution in [0.3, 0.4) is 0 Å². The number of nitrogens with two attached hydrogens (primary N) is 1. The van der Waals surface area contributed by atoms with Crippen LogP contribution in [-0.4, -0.2) is 54.1 Å². The molecule has 0 aliphatic carbocycles. The molecular weight excluding hydrogens is 188 g/mol. The number of amides is 1. The molecule has 6 nitrogen and oxygen atoms in total. The molecule has 0 aromatic rings. The molecule has 1 fully saturated rings. The summed E-state index contributed by atoms with van der Waals surface area (Å²) in [6.45, 7) is 0.309. The van der Waals surface area contributed by atoms with Crippen molar-refractivity contribution in [3.63, 3.8) is 0 Å². The molecule has 1 amide bonds. The molecule has 0 aromatic heterocycles. The van der Waals surface area contributed by atoms with Gasteiger partial charge in [-0.15, -0.1) is 0 Å². The molecule has 6 heteroatoms. The van der Waals surface area contributed by atoms with Crippen LogP contribution < -0.4 is 11.1 Å². The summed E-state index contributed by atoms with van der Waals surface area (Å²) in [5, 5.41) is 20.0. The van der Waals surface area contributed by atoms with Crippen molar-refractivity contribution in [3.05, 3.63) is 0 Å². The van der Waals surface area contributed by atoms with E-state index in [-0.39, 0.29) is 25.7 Å². The van der Waals surface area contributed by atoms with Crippen molar-refractivity contribution in [3.8, 4) is 0 Å². The van der Waals surface area contributed by atoms with Crippen LogP contribution in [0.5, 0.6) is 0 Å². The number of carbonyl (C=O) groups is 1. The highest BCUT2D eigenvalue weighted by Gasteiger charge is 2.38. The summed E-state index contributed by atoms with van der Waals surface area (Å²) < 4.78 is 5.02. The van der Waals surface area contributed by atoms with Crippen molar-refractivity contribution in [2.24, 2.45) is 5.73 Å². The highest BCUT2D eigenvalue weighted by atomic mass is 16.5. The third-order valence-corrected chi connectivity index (χ3v) is 2.21. The number of aliphatic hydroxyl groups excluding tert-OH is 2. The van der Waals surface area contributed by atoms with E-state index in [0.717, 1.165) is 0 Å². The Morgan fingerprint density at radius 1 is 1.71 bits per heavy atom. The van der Waals surface area contributed by atoms with Crippen molar-refractivity contribution in [2.75, 3.05) is 26.4 Å². The molecule has 0 saturated carbocycles. The van der Waals surface area contributed by atoms with Crippen molar-refractivity contribution in [1.82, 2.24) is 5.32 Å². The van der Waals surface area contributed by atoms with E-state index in [4.69, 9.17) is 20.7 Å². The second-order valence-corrected chi connectivity index (χ2v) is 3.51. The van der Waals surface area contributed by atoms with Gasteiger partial charge < -0.3 is 26.0 Å². The first-order chi connectivity index (χ1) is 6.58. The lowest BCUT2D eigenvalue weighted by atomic mass is 9.99. The summed E-state index contributed by atoms with van der Waals surface area (Å²) in [7, 11) is 0. The number of hydrogen-bond donors (Lipinski definition) is 4. The van der Waals surface area contributed by atoms with E-state index >= 15 is 0 Å². The van der Waals surface area contributed by atoms with Gasteiger partial charge in [-0.05, 0) is 6.42 Å². The standard InChI is InChI=1S/C8H16N2O4/c9-8(1-2-14-5-8)7(13)10-3-6(12)4-11/h6,11-12H,1-5,9H2,(H,10,13). The molecule has 0 radical (unpaired) electrons. The fourth-order valence-electron chi connectivity index (χ4n) is 1.21. The van der Waals surface area contributed by atoms with E-state index in [1.165, 1.54) is 0 Å². The first kappa shape index (κ1) is 11.4. The van der Waals surface area contributed by atoms with Crippen LogP contribution in [0.4, 0.5) is 0 Å². The zero-order valence-corrected chi connectivity index (χ0v) is 7.90. The molecule has 5 N–H and O–H groups in total. The highest BCUT2D eigenvalue weighted by Crippen LogP contribution is 2.15. The van der Waals surface area contributed by atoms with E-state index in [9.17, 15) is 4.79 Å². The molecule has 1 rings (SSSR count). The van der Waals surface area contributed by atoms with Gasteiger partial charge in [-0.2, -0.15) is 0 Å². The molecule has 0 aromatic carbocycles. The Labute approximate surface area is 82.0 Å².